The fourth-order valence-electron chi connectivity index (χ4n) is 2.74. The Bertz CT molecular complexity index is 558. The molecule has 1 aliphatic carbocycles. The number of hydrogen-bond acceptors (Lipinski definition) is 2. The van der Waals surface area contributed by atoms with E-state index in [-0.39, 0.29) is 6.04 Å². The Labute approximate surface area is 113 Å². The lowest BCUT2D eigenvalue weighted by atomic mass is 9.94. The molecule has 0 aromatic heterocycles. The maximum Gasteiger partial charge on any atom is 0.132 e. The van der Waals surface area contributed by atoms with Gasteiger partial charge in [0.15, 0.2) is 0 Å². The van der Waals surface area contributed by atoms with Crippen molar-refractivity contribution in [1.29, 1.82) is 0 Å². The van der Waals surface area contributed by atoms with Crippen molar-refractivity contribution in [3.63, 3.8) is 0 Å². The fourth-order valence-corrected chi connectivity index (χ4v) is 2.74. The summed E-state index contributed by atoms with van der Waals surface area (Å²) in [5, 5.41) is 3.72. The van der Waals surface area contributed by atoms with Crippen LogP contribution in [0.2, 0.25) is 0 Å². The summed E-state index contributed by atoms with van der Waals surface area (Å²) >= 11 is 0. The zero-order chi connectivity index (χ0) is 12.7. The predicted octanol–water partition coefficient (Wildman–Crippen LogP) is 3.88. The van der Waals surface area contributed by atoms with Gasteiger partial charge in [0.25, 0.3) is 0 Å². The number of rotatable bonds is 3. The van der Waals surface area contributed by atoms with Gasteiger partial charge in [0.05, 0.1) is 6.04 Å². The quantitative estimate of drug-likeness (QED) is 0.893. The SMILES string of the molecule is c1ccc2c(c1)Oc1ccccc1C2NCC1CC1. The lowest BCUT2D eigenvalue weighted by Gasteiger charge is -2.29. The number of benzene rings is 2. The maximum absolute atomic E-state index is 5.99. The Balaban J connectivity index is 1.73. The summed E-state index contributed by atoms with van der Waals surface area (Å²) in [5.74, 6) is 2.84. The van der Waals surface area contributed by atoms with E-state index in [2.05, 4.69) is 41.7 Å². The molecule has 0 bridgehead atoms. The van der Waals surface area contributed by atoms with E-state index < -0.39 is 0 Å². The molecule has 1 saturated carbocycles. The van der Waals surface area contributed by atoms with E-state index in [0.717, 1.165) is 24.0 Å². The molecule has 1 N–H and O–H groups in total. The van der Waals surface area contributed by atoms with Crippen molar-refractivity contribution in [2.24, 2.45) is 5.92 Å². The summed E-state index contributed by atoms with van der Waals surface area (Å²) in [6.45, 7) is 1.10. The molecule has 2 nitrogen and oxygen atoms in total. The second-order valence-electron chi connectivity index (χ2n) is 5.46. The average molecular weight is 251 g/mol. The Morgan fingerprint density at radius 1 is 0.895 bits per heavy atom. The molecule has 2 aromatic rings. The molecule has 19 heavy (non-hydrogen) atoms. The van der Waals surface area contributed by atoms with E-state index in [0.29, 0.717) is 0 Å². The molecule has 0 amide bonds. The van der Waals surface area contributed by atoms with Crippen molar-refractivity contribution in [3.8, 4) is 11.5 Å². The molecule has 1 aliphatic heterocycles. The first-order valence-electron chi connectivity index (χ1n) is 7.01. The Morgan fingerprint density at radius 2 is 1.47 bits per heavy atom. The predicted molar refractivity (Wildman–Crippen MR) is 75.5 cm³/mol. The first kappa shape index (κ1) is 11.1. The minimum absolute atomic E-state index is 0.266. The van der Waals surface area contributed by atoms with Gasteiger partial charge in [0.2, 0.25) is 0 Å². The molecule has 0 radical (unpaired) electrons. The molecule has 0 spiro atoms. The molecular formula is C17H17NO. The van der Waals surface area contributed by atoms with E-state index in [1.54, 1.807) is 0 Å². The molecular weight excluding hydrogens is 234 g/mol. The first-order valence-corrected chi connectivity index (χ1v) is 7.01. The van der Waals surface area contributed by atoms with Crippen LogP contribution in [0.3, 0.4) is 0 Å². The number of ether oxygens (including phenoxy) is 1. The molecule has 0 unspecified atom stereocenters. The van der Waals surface area contributed by atoms with Crippen molar-refractivity contribution in [2.45, 2.75) is 18.9 Å². The van der Waals surface area contributed by atoms with Gasteiger partial charge in [0.1, 0.15) is 11.5 Å². The molecule has 1 fully saturated rings. The largest absolute Gasteiger partial charge is 0.457 e. The first-order chi connectivity index (χ1) is 9.42. The Kier molecular flexibility index (Phi) is 2.56. The van der Waals surface area contributed by atoms with E-state index >= 15 is 0 Å². The molecule has 2 aromatic carbocycles. The smallest absolute Gasteiger partial charge is 0.132 e. The van der Waals surface area contributed by atoms with Crippen LogP contribution in [0.15, 0.2) is 48.5 Å². The van der Waals surface area contributed by atoms with Crippen molar-refractivity contribution in [1.82, 2.24) is 5.32 Å². The van der Waals surface area contributed by atoms with Crippen LogP contribution in [0.4, 0.5) is 0 Å². The lowest BCUT2D eigenvalue weighted by Crippen LogP contribution is -2.27. The Hall–Kier alpha value is -1.80. The highest BCUT2D eigenvalue weighted by atomic mass is 16.5. The van der Waals surface area contributed by atoms with Crippen molar-refractivity contribution in [3.05, 3.63) is 59.7 Å². The zero-order valence-electron chi connectivity index (χ0n) is 10.8. The third kappa shape index (κ3) is 2.02. The molecule has 0 atom stereocenters. The fraction of sp³-hybridized carbons (Fsp3) is 0.294. The van der Waals surface area contributed by atoms with E-state index in [1.165, 1.54) is 24.0 Å². The van der Waals surface area contributed by atoms with Gasteiger partial charge in [-0.15, -0.1) is 0 Å². The molecule has 96 valence electrons. The van der Waals surface area contributed by atoms with Crippen molar-refractivity contribution < 1.29 is 4.74 Å². The molecule has 4 rings (SSSR count). The maximum atomic E-state index is 5.99. The molecule has 0 saturated heterocycles. The standard InChI is InChI=1S/C17H17NO/c1-3-7-15-13(5-1)17(18-11-12-9-10-12)14-6-2-4-8-16(14)19-15/h1-8,12,17-18H,9-11H2. The van der Waals surface area contributed by atoms with Crippen molar-refractivity contribution >= 4 is 0 Å². The lowest BCUT2D eigenvalue weighted by molar-refractivity contribution is 0.425. The normalized spacial score (nSPS) is 17.5. The van der Waals surface area contributed by atoms with E-state index in [9.17, 15) is 0 Å². The highest BCUT2D eigenvalue weighted by Crippen LogP contribution is 2.42. The second-order valence-corrected chi connectivity index (χ2v) is 5.46. The van der Waals surface area contributed by atoms with Gasteiger partial charge in [-0.1, -0.05) is 36.4 Å². The van der Waals surface area contributed by atoms with E-state index in [4.69, 9.17) is 4.74 Å². The van der Waals surface area contributed by atoms with Crippen LogP contribution in [0.5, 0.6) is 11.5 Å². The van der Waals surface area contributed by atoms with Crippen LogP contribution in [0, 0.1) is 5.92 Å². The minimum atomic E-state index is 0.266. The summed E-state index contributed by atoms with van der Waals surface area (Å²) < 4.78 is 5.99. The van der Waals surface area contributed by atoms with Gasteiger partial charge < -0.3 is 10.1 Å². The minimum Gasteiger partial charge on any atom is -0.457 e. The third-order valence-electron chi connectivity index (χ3n) is 3.99. The van der Waals surface area contributed by atoms with Crippen molar-refractivity contribution in [2.75, 3.05) is 6.54 Å². The average Bonchev–Trinajstić information content (AvgIpc) is 3.27. The zero-order valence-corrected chi connectivity index (χ0v) is 10.8. The number of hydrogen-bond donors (Lipinski definition) is 1. The van der Waals surface area contributed by atoms with Gasteiger partial charge in [0, 0.05) is 11.1 Å². The summed E-state index contributed by atoms with van der Waals surface area (Å²) in [5.41, 5.74) is 2.50. The van der Waals surface area contributed by atoms with Gasteiger partial charge in [-0.25, -0.2) is 0 Å². The summed E-state index contributed by atoms with van der Waals surface area (Å²) in [6.07, 6.45) is 2.75. The topological polar surface area (TPSA) is 21.3 Å². The monoisotopic (exact) mass is 251 g/mol. The summed E-state index contributed by atoms with van der Waals surface area (Å²) in [4.78, 5) is 0. The van der Waals surface area contributed by atoms with Gasteiger partial charge >= 0.3 is 0 Å². The van der Waals surface area contributed by atoms with Crippen LogP contribution in [-0.2, 0) is 0 Å². The van der Waals surface area contributed by atoms with Gasteiger partial charge in [-0.2, -0.15) is 0 Å². The van der Waals surface area contributed by atoms with Gasteiger partial charge in [-0.3, -0.25) is 0 Å². The van der Waals surface area contributed by atoms with Crippen LogP contribution < -0.4 is 10.1 Å². The number of nitrogens with one attached hydrogen (secondary N) is 1. The summed E-state index contributed by atoms with van der Waals surface area (Å²) in [7, 11) is 0. The summed E-state index contributed by atoms with van der Waals surface area (Å²) in [6, 6.07) is 16.9. The molecule has 1 heterocycles. The van der Waals surface area contributed by atoms with Crippen LogP contribution >= 0.6 is 0 Å². The van der Waals surface area contributed by atoms with Crippen LogP contribution in [0.1, 0.15) is 30.0 Å². The molecule has 2 heteroatoms. The second kappa shape index (κ2) is 4.39. The number of fused-ring (bicyclic) bond motifs is 2. The van der Waals surface area contributed by atoms with E-state index in [1.807, 2.05) is 12.1 Å². The third-order valence-corrected chi connectivity index (χ3v) is 3.99. The Morgan fingerprint density at radius 3 is 2.05 bits per heavy atom. The highest BCUT2D eigenvalue weighted by Gasteiger charge is 2.28. The molecule has 2 aliphatic rings. The highest BCUT2D eigenvalue weighted by molar-refractivity contribution is 5.52. The van der Waals surface area contributed by atoms with Gasteiger partial charge in [-0.05, 0) is 37.4 Å². The van der Waals surface area contributed by atoms with Crippen LogP contribution in [0.25, 0.3) is 0 Å². The van der Waals surface area contributed by atoms with Crippen LogP contribution in [-0.4, -0.2) is 6.54 Å². The number of para-hydroxylation sites is 2.